The molecule has 0 radical (unpaired) electrons. The number of aromatic nitrogens is 2. The van der Waals surface area contributed by atoms with Crippen molar-refractivity contribution in [1.29, 1.82) is 0 Å². The first-order chi connectivity index (χ1) is 8.72. The van der Waals surface area contributed by atoms with Crippen LogP contribution in [0.2, 0.25) is 0 Å². The molecule has 1 fully saturated rings. The topological polar surface area (TPSA) is 79.4 Å². The lowest BCUT2D eigenvalue weighted by Crippen LogP contribution is -2.23. The van der Waals surface area contributed by atoms with Crippen LogP contribution in [0.1, 0.15) is 30.3 Å². The van der Waals surface area contributed by atoms with Crippen molar-refractivity contribution >= 4 is 11.7 Å². The van der Waals surface area contributed by atoms with Gasteiger partial charge < -0.3 is 15.2 Å². The maximum Gasteiger partial charge on any atom is 0.358 e. The number of esters is 1. The largest absolute Gasteiger partial charge is 0.461 e. The van der Waals surface area contributed by atoms with Crippen LogP contribution >= 0.6 is 0 Å². The molecule has 0 atom stereocenters. The van der Waals surface area contributed by atoms with E-state index in [4.69, 9.17) is 15.2 Å². The molecule has 18 heavy (non-hydrogen) atoms. The molecule has 0 unspecified atom stereocenters. The molecule has 0 saturated carbocycles. The van der Waals surface area contributed by atoms with Crippen molar-refractivity contribution in [2.75, 3.05) is 25.6 Å². The van der Waals surface area contributed by atoms with Crippen molar-refractivity contribution in [3.8, 4) is 0 Å². The van der Waals surface area contributed by atoms with E-state index in [1.54, 1.807) is 4.68 Å². The van der Waals surface area contributed by atoms with Gasteiger partial charge in [0, 0.05) is 19.8 Å². The molecule has 6 heteroatoms. The number of carbonyl (C=O) groups excluding carboxylic acids is 1. The number of aryl methyl sites for hydroxylation is 1. The number of nitrogens with zero attached hydrogens (tertiary/aromatic N) is 2. The van der Waals surface area contributed by atoms with Gasteiger partial charge in [0.2, 0.25) is 0 Å². The quantitative estimate of drug-likeness (QED) is 0.812. The van der Waals surface area contributed by atoms with Crippen molar-refractivity contribution in [2.24, 2.45) is 5.92 Å². The van der Waals surface area contributed by atoms with Crippen molar-refractivity contribution in [1.82, 2.24) is 9.78 Å². The van der Waals surface area contributed by atoms with Gasteiger partial charge in [0.05, 0.1) is 18.5 Å². The molecule has 1 saturated heterocycles. The zero-order valence-electron chi connectivity index (χ0n) is 10.6. The summed E-state index contributed by atoms with van der Waals surface area (Å²) < 4.78 is 12.1. The van der Waals surface area contributed by atoms with Crippen LogP contribution in [0, 0.1) is 5.92 Å². The fourth-order valence-corrected chi connectivity index (χ4v) is 2.04. The highest BCUT2D eigenvalue weighted by Gasteiger charge is 2.20. The first-order valence-corrected chi connectivity index (χ1v) is 6.28. The standard InChI is InChI=1S/C12H19N3O3/c1-2-15-11(10(13)7-14-15)12(16)18-8-9-3-5-17-6-4-9/h7,9H,2-6,8,13H2,1H3. The van der Waals surface area contributed by atoms with E-state index >= 15 is 0 Å². The van der Waals surface area contributed by atoms with Crippen LogP contribution in [0.5, 0.6) is 0 Å². The summed E-state index contributed by atoms with van der Waals surface area (Å²) in [5.74, 6) is 0.000245. The van der Waals surface area contributed by atoms with E-state index in [2.05, 4.69) is 5.10 Å². The van der Waals surface area contributed by atoms with E-state index in [-0.39, 0.29) is 0 Å². The van der Waals surface area contributed by atoms with Crippen LogP contribution in [-0.4, -0.2) is 35.6 Å². The highest BCUT2D eigenvalue weighted by atomic mass is 16.5. The number of hydrogen-bond donors (Lipinski definition) is 1. The highest BCUT2D eigenvalue weighted by Crippen LogP contribution is 2.17. The summed E-state index contributed by atoms with van der Waals surface area (Å²) >= 11 is 0. The lowest BCUT2D eigenvalue weighted by molar-refractivity contribution is 0.0178. The Morgan fingerprint density at radius 2 is 2.33 bits per heavy atom. The summed E-state index contributed by atoms with van der Waals surface area (Å²) in [4.78, 5) is 12.0. The van der Waals surface area contributed by atoms with Crippen LogP contribution < -0.4 is 5.73 Å². The van der Waals surface area contributed by atoms with Crippen LogP contribution in [0.3, 0.4) is 0 Å². The predicted octanol–water partition coefficient (Wildman–Crippen LogP) is 1.07. The molecule has 2 heterocycles. The lowest BCUT2D eigenvalue weighted by atomic mass is 10.0. The zero-order chi connectivity index (χ0) is 13.0. The average Bonchev–Trinajstić information content (AvgIpc) is 2.78. The molecule has 1 aliphatic heterocycles. The molecule has 2 rings (SSSR count). The number of nitrogens with two attached hydrogens (primary N) is 1. The van der Waals surface area contributed by atoms with Gasteiger partial charge in [-0.25, -0.2) is 4.79 Å². The van der Waals surface area contributed by atoms with Crippen molar-refractivity contribution < 1.29 is 14.3 Å². The summed E-state index contributed by atoms with van der Waals surface area (Å²) in [5.41, 5.74) is 6.44. The van der Waals surface area contributed by atoms with Gasteiger partial charge >= 0.3 is 5.97 Å². The molecule has 0 amide bonds. The van der Waals surface area contributed by atoms with Gasteiger partial charge in [-0.15, -0.1) is 0 Å². The van der Waals surface area contributed by atoms with Gasteiger partial charge in [0.15, 0.2) is 5.69 Å². The predicted molar refractivity (Wildman–Crippen MR) is 66.1 cm³/mol. The maximum absolute atomic E-state index is 12.0. The van der Waals surface area contributed by atoms with Crippen LogP contribution in [0.15, 0.2) is 6.20 Å². The monoisotopic (exact) mass is 253 g/mol. The van der Waals surface area contributed by atoms with Crippen molar-refractivity contribution in [2.45, 2.75) is 26.3 Å². The third-order valence-corrected chi connectivity index (χ3v) is 3.15. The number of rotatable bonds is 4. The van der Waals surface area contributed by atoms with Gasteiger partial charge in [-0.3, -0.25) is 4.68 Å². The van der Waals surface area contributed by atoms with Crippen LogP contribution in [0.25, 0.3) is 0 Å². The van der Waals surface area contributed by atoms with E-state index in [0.29, 0.717) is 30.5 Å². The molecule has 1 aromatic heterocycles. The first kappa shape index (κ1) is 12.9. The zero-order valence-corrected chi connectivity index (χ0v) is 10.6. The van der Waals surface area contributed by atoms with Gasteiger partial charge in [0.1, 0.15) is 0 Å². The Kier molecular flexibility index (Phi) is 4.19. The molecular weight excluding hydrogens is 234 g/mol. The van der Waals surface area contributed by atoms with E-state index in [1.165, 1.54) is 6.20 Å². The fraction of sp³-hybridized carbons (Fsp3) is 0.667. The number of carbonyl (C=O) groups is 1. The molecule has 2 N–H and O–H groups in total. The molecule has 0 aliphatic carbocycles. The number of nitrogen functional groups attached to an aromatic ring is 1. The van der Waals surface area contributed by atoms with Gasteiger partial charge in [-0.1, -0.05) is 0 Å². The number of hydrogen-bond acceptors (Lipinski definition) is 5. The third-order valence-electron chi connectivity index (χ3n) is 3.15. The second-order valence-corrected chi connectivity index (χ2v) is 4.42. The second-order valence-electron chi connectivity index (χ2n) is 4.42. The number of ether oxygens (including phenoxy) is 2. The molecular formula is C12H19N3O3. The smallest absolute Gasteiger partial charge is 0.358 e. The summed E-state index contributed by atoms with van der Waals surface area (Å²) in [5, 5.41) is 4.02. The highest BCUT2D eigenvalue weighted by molar-refractivity contribution is 5.93. The summed E-state index contributed by atoms with van der Waals surface area (Å²) in [6.45, 7) is 4.42. The fourth-order valence-electron chi connectivity index (χ4n) is 2.04. The Balaban J connectivity index is 1.92. The van der Waals surface area contributed by atoms with Gasteiger partial charge in [-0.2, -0.15) is 5.10 Å². The molecule has 6 nitrogen and oxygen atoms in total. The van der Waals surface area contributed by atoms with Crippen molar-refractivity contribution in [3.05, 3.63) is 11.9 Å². The first-order valence-electron chi connectivity index (χ1n) is 6.28. The SMILES string of the molecule is CCn1ncc(N)c1C(=O)OCC1CCOCC1. The molecule has 1 aliphatic rings. The average molecular weight is 253 g/mol. The molecule has 0 bridgehead atoms. The third kappa shape index (κ3) is 2.81. The minimum absolute atomic E-state index is 0.351. The summed E-state index contributed by atoms with van der Waals surface area (Å²) in [7, 11) is 0. The Morgan fingerprint density at radius 1 is 1.61 bits per heavy atom. The van der Waals surface area contributed by atoms with E-state index in [1.807, 2.05) is 6.92 Å². The van der Waals surface area contributed by atoms with Crippen molar-refractivity contribution in [3.63, 3.8) is 0 Å². The van der Waals surface area contributed by atoms with E-state index < -0.39 is 5.97 Å². The van der Waals surface area contributed by atoms with Gasteiger partial charge in [-0.05, 0) is 25.7 Å². The summed E-state index contributed by atoms with van der Waals surface area (Å²) in [6, 6.07) is 0. The van der Waals surface area contributed by atoms with Crippen LogP contribution in [0.4, 0.5) is 5.69 Å². The minimum atomic E-state index is -0.390. The summed E-state index contributed by atoms with van der Waals surface area (Å²) in [6.07, 6.45) is 3.36. The Labute approximate surface area is 106 Å². The molecule has 100 valence electrons. The minimum Gasteiger partial charge on any atom is -0.461 e. The van der Waals surface area contributed by atoms with E-state index in [9.17, 15) is 4.79 Å². The molecule has 0 spiro atoms. The molecule has 0 aromatic carbocycles. The lowest BCUT2D eigenvalue weighted by Gasteiger charge is -2.21. The maximum atomic E-state index is 12.0. The van der Waals surface area contributed by atoms with Gasteiger partial charge in [0.25, 0.3) is 0 Å². The number of anilines is 1. The normalized spacial score (nSPS) is 16.7. The van der Waals surface area contributed by atoms with Crippen LogP contribution in [-0.2, 0) is 16.0 Å². The Bertz CT molecular complexity index is 411. The molecule has 1 aromatic rings. The Hall–Kier alpha value is -1.56. The second kappa shape index (κ2) is 5.86. The van der Waals surface area contributed by atoms with E-state index in [0.717, 1.165) is 26.1 Å². The Morgan fingerprint density at radius 3 is 3.00 bits per heavy atom.